The molecule has 0 amide bonds. The van der Waals surface area contributed by atoms with Gasteiger partial charge in [0.2, 0.25) is 0 Å². The first-order valence-electron chi connectivity index (χ1n) is 16.1. The Morgan fingerprint density at radius 1 is 0.532 bits per heavy atom. The molecule has 0 aliphatic carbocycles. The van der Waals surface area contributed by atoms with Gasteiger partial charge in [0.05, 0.1) is 28.1 Å². The summed E-state index contributed by atoms with van der Waals surface area (Å²) in [7, 11) is 0. The fourth-order valence-electron chi connectivity index (χ4n) is 7.34. The first kappa shape index (κ1) is 27.3. The van der Waals surface area contributed by atoms with Crippen LogP contribution in [0.1, 0.15) is 25.0 Å². The Bertz CT molecular complexity index is 2370. The molecule has 0 spiro atoms. The molecule has 0 bridgehead atoms. The standard InChI is InChI=1S/C43H32N4/c1-43(2)34-23-13-15-25-38(34)47(39-28-36(29-16-6-3-7-17-29)44-42(45-39)30-18-8-4-9-19-30)41-35(43)27-26-33-32-22-12-14-24-37(32)46(40(33)41)31-20-10-5-11-21-31/h3-28H,1-2H3. The number of aromatic nitrogens is 3. The number of para-hydroxylation sites is 3. The lowest BCUT2D eigenvalue weighted by Crippen LogP contribution is -2.31. The highest BCUT2D eigenvalue weighted by molar-refractivity contribution is 6.15. The molecule has 0 unspecified atom stereocenters. The van der Waals surface area contributed by atoms with E-state index in [-0.39, 0.29) is 5.41 Å². The van der Waals surface area contributed by atoms with Gasteiger partial charge in [-0.2, -0.15) is 0 Å². The molecule has 47 heavy (non-hydrogen) atoms. The lowest BCUT2D eigenvalue weighted by Gasteiger charge is -2.42. The van der Waals surface area contributed by atoms with Gasteiger partial charge in [-0.15, -0.1) is 0 Å². The SMILES string of the molecule is CC1(C)c2ccccc2N(c2cc(-c3ccccc3)nc(-c3ccccc3)n2)c2c1ccc1c3ccccc3n(-c3ccccc3)c21. The van der Waals surface area contributed by atoms with Crippen molar-refractivity contribution < 1.29 is 0 Å². The maximum Gasteiger partial charge on any atom is 0.162 e. The van der Waals surface area contributed by atoms with E-state index in [0.717, 1.165) is 39.7 Å². The molecule has 6 aromatic carbocycles. The zero-order chi connectivity index (χ0) is 31.5. The quantitative estimate of drug-likeness (QED) is 0.200. The zero-order valence-corrected chi connectivity index (χ0v) is 26.3. The van der Waals surface area contributed by atoms with Crippen molar-refractivity contribution in [2.45, 2.75) is 19.3 Å². The van der Waals surface area contributed by atoms with Crippen molar-refractivity contribution in [1.82, 2.24) is 14.5 Å². The van der Waals surface area contributed by atoms with Gasteiger partial charge in [-0.1, -0.05) is 141 Å². The van der Waals surface area contributed by atoms with Crippen LogP contribution in [0.4, 0.5) is 17.2 Å². The van der Waals surface area contributed by atoms with Crippen molar-refractivity contribution in [2.24, 2.45) is 0 Å². The smallest absolute Gasteiger partial charge is 0.162 e. The molecule has 224 valence electrons. The third-order valence-corrected chi connectivity index (χ3v) is 9.58. The van der Waals surface area contributed by atoms with Gasteiger partial charge >= 0.3 is 0 Å². The van der Waals surface area contributed by atoms with Crippen molar-refractivity contribution in [3.63, 3.8) is 0 Å². The predicted octanol–water partition coefficient (Wildman–Crippen LogP) is 11.0. The molecule has 0 radical (unpaired) electrons. The number of benzene rings is 6. The van der Waals surface area contributed by atoms with Gasteiger partial charge in [-0.3, -0.25) is 4.90 Å². The average molecular weight is 605 g/mol. The minimum Gasteiger partial charge on any atom is -0.307 e. The summed E-state index contributed by atoms with van der Waals surface area (Å²) in [5, 5.41) is 2.44. The summed E-state index contributed by atoms with van der Waals surface area (Å²) in [6.07, 6.45) is 0. The van der Waals surface area contributed by atoms with Crippen LogP contribution in [0.5, 0.6) is 0 Å². The summed E-state index contributed by atoms with van der Waals surface area (Å²) in [6, 6.07) is 55.7. The maximum atomic E-state index is 5.37. The van der Waals surface area contributed by atoms with Gasteiger partial charge in [0.1, 0.15) is 5.82 Å². The highest BCUT2D eigenvalue weighted by atomic mass is 15.2. The van der Waals surface area contributed by atoms with Crippen molar-refractivity contribution >= 4 is 39.0 Å². The molecule has 8 aromatic rings. The summed E-state index contributed by atoms with van der Waals surface area (Å²) in [6.45, 7) is 4.68. The fraction of sp³-hybridized carbons (Fsp3) is 0.0698. The van der Waals surface area contributed by atoms with Crippen LogP contribution in [0.15, 0.2) is 158 Å². The van der Waals surface area contributed by atoms with E-state index >= 15 is 0 Å². The van der Waals surface area contributed by atoms with Crippen LogP contribution in [-0.2, 0) is 5.41 Å². The van der Waals surface area contributed by atoms with Gasteiger partial charge in [-0.05, 0) is 35.4 Å². The first-order valence-corrected chi connectivity index (χ1v) is 16.1. The van der Waals surface area contributed by atoms with Crippen molar-refractivity contribution in [1.29, 1.82) is 0 Å². The molecule has 4 heteroatoms. The Hall–Kier alpha value is -6.00. The lowest BCUT2D eigenvalue weighted by molar-refractivity contribution is 0.632. The molecule has 0 saturated carbocycles. The van der Waals surface area contributed by atoms with E-state index in [2.05, 4.69) is 157 Å². The van der Waals surface area contributed by atoms with Crippen LogP contribution < -0.4 is 4.90 Å². The fourth-order valence-corrected chi connectivity index (χ4v) is 7.34. The number of hydrogen-bond acceptors (Lipinski definition) is 3. The molecule has 0 atom stereocenters. The van der Waals surface area contributed by atoms with E-state index in [1.54, 1.807) is 0 Å². The second kappa shape index (κ2) is 10.5. The van der Waals surface area contributed by atoms with Crippen LogP contribution in [0.3, 0.4) is 0 Å². The largest absolute Gasteiger partial charge is 0.307 e. The predicted molar refractivity (Wildman–Crippen MR) is 194 cm³/mol. The molecule has 4 nitrogen and oxygen atoms in total. The Labute approximate surface area is 274 Å². The minimum atomic E-state index is -0.258. The Morgan fingerprint density at radius 2 is 1.17 bits per heavy atom. The van der Waals surface area contributed by atoms with Crippen LogP contribution in [0.25, 0.3) is 50.1 Å². The Morgan fingerprint density at radius 3 is 1.94 bits per heavy atom. The van der Waals surface area contributed by atoms with Crippen molar-refractivity contribution in [2.75, 3.05) is 4.90 Å². The molecule has 0 N–H and O–H groups in total. The Balaban J connectivity index is 1.44. The molecule has 1 aliphatic heterocycles. The third-order valence-electron chi connectivity index (χ3n) is 9.58. The topological polar surface area (TPSA) is 34.0 Å². The number of fused-ring (bicyclic) bond motifs is 6. The average Bonchev–Trinajstić information content (AvgIpc) is 3.47. The van der Waals surface area contributed by atoms with E-state index in [4.69, 9.17) is 9.97 Å². The monoisotopic (exact) mass is 604 g/mol. The van der Waals surface area contributed by atoms with Crippen LogP contribution in [0, 0.1) is 0 Å². The second-order valence-electron chi connectivity index (χ2n) is 12.7. The Kier molecular flexibility index (Phi) is 6.12. The van der Waals surface area contributed by atoms with Gasteiger partial charge in [-0.25, -0.2) is 9.97 Å². The first-order chi connectivity index (χ1) is 23.1. The van der Waals surface area contributed by atoms with Crippen molar-refractivity contribution in [3.05, 3.63) is 169 Å². The highest BCUT2D eigenvalue weighted by Gasteiger charge is 2.39. The lowest BCUT2D eigenvalue weighted by atomic mass is 9.73. The molecule has 0 fully saturated rings. The van der Waals surface area contributed by atoms with Gasteiger partial charge in [0.15, 0.2) is 5.82 Å². The maximum absolute atomic E-state index is 5.37. The van der Waals surface area contributed by atoms with Crippen molar-refractivity contribution in [3.8, 4) is 28.3 Å². The molecule has 0 saturated heterocycles. The molecule has 2 aromatic heterocycles. The van der Waals surface area contributed by atoms with E-state index in [0.29, 0.717) is 5.82 Å². The number of rotatable bonds is 4. The summed E-state index contributed by atoms with van der Waals surface area (Å²) in [5.41, 5.74) is 10.9. The molecule has 9 rings (SSSR count). The van der Waals surface area contributed by atoms with Gasteiger partial charge < -0.3 is 4.57 Å². The highest BCUT2D eigenvalue weighted by Crippen LogP contribution is 2.55. The summed E-state index contributed by atoms with van der Waals surface area (Å²) in [5.74, 6) is 1.53. The number of hydrogen-bond donors (Lipinski definition) is 0. The molecular formula is C43H32N4. The van der Waals surface area contributed by atoms with E-state index < -0.39 is 0 Å². The normalized spacial score (nSPS) is 13.4. The minimum absolute atomic E-state index is 0.258. The van der Waals surface area contributed by atoms with Crippen LogP contribution >= 0.6 is 0 Å². The summed E-state index contributed by atoms with van der Waals surface area (Å²) >= 11 is 0. The number of anilines is 3. The molecular weight excluding hydrogens is 573 g/mol. The van der Waals surface area contributed by atoms with Gasteiger partial charge in [0, 0.05) is 39.1 Å². The number of nitrogens with zero attached hydrogens (tertiary/aromatic N) is 4. The summed E-state index contributed by atoms with van der Waals surface area (Å²) < 4.78 is 2.43. The van der Waals surface area contributed by atoms with E-state index in [9.17, 15) is 0 Å². The third kappa shape index (κ3) is 4.22. The second-order valence-corrected chi connectivity index (χ2v) is 12.7. The van der Waals surface area contributed by atoms with E-state index in [1.165, 1.54) is 32.9 Å². The van der Waals surface area contributed by atoms with Crippen LogP contribution in [-0.4, -0.2) is 14.5 Å². The molecule has 3 heterocycles. The zero-order valence-electron chi connectivity index (χ0n) is 26.3. The summed E-state index contributed by atoms with van der Waals surface area (Å²) in [4.78, 5) is 12.9. The van der Waals surface area contributed by atoms with Gasteiger partial charge in [0.25, 0.3) is 0 Å². The van der Waals surface area contributed by atoms with E-state index in [1.807, 2.05) is 24.3 Å². The van der Waals surface area contributed by atoms with Crippen LogP contribution in [0.2, 0.25) is 0 Å². The molecule has 1 aliphatic rings.